The first kappa shape index (κ1) is 10.5. The third-order valence-electron chi connectivity index (χ3n) is 2.57. The molecular formula is C13H15N3. The lowest BCUT2D eigenvalue weighted by Crippen LogP contribution is -1.99. The smallest absolute Gasteiger partial charge is 0.137 e. The molecule has 2 N–H and O–H groups in total. The van der Waals surface area contributed by atoms with Crippen LogP contribution in [0.5, 0.6) is 0 Å². The Kier molecular flexibility index (Phi) is 2.77. The molecular weight excluding hydrogens is 198 g/mol. The maximum atomic E-state index is 5.94. The fourth-order valence-corrected chi connectivity index (χ4v) is 1.66. The molecule has 3 nitrogen and oxygen atoms in total. The first-order valence-corrected chi connectivity index (χ1v) is 5.31. The Morgan fingerprint density at radius 1 is 1.56 bits per heavy atom. The molecule has 0 radical (unpaired) electrons. The number of nitrogens with zero attached hydrogens (tertiary/aromatic N) is 2. The van der Waals surface area contributed by atoms with Gasteiger partial charge in [-0.25, -0.2) is 4.98 Å². The number of pyridine rings is 1. The molecule has 0 aliphatic carbocycles. The summed E-state index contributed by atoms with van der Waals surface area (Å²) in [4.78, 5) is 4.51. The molecule has 0 aliphatic heterocycles. The standard InChI is InChI=1S/C13H15N3/c1-3-10(11(14)4-2)12-9-16-8-6-5-7-13(16)15-12/h3,5-9H,1,4,14H2,2H3/b11-10-. The lowest BCUT2D eigenvalue weighted by Gasteiger charge is -2.02. The van der Waals surface area contributed by atoms with E-state index in [-0.39, 0.29) is 0 Å². The minimum Gasteiger partial charge on any atom is -0.402 e. The van der Waals surface area contributed by atoms with Crippen LogP contribution >= 0.6 is 0 Å². The molecule has 0 unspecified atom stereocenters. The fraction of sp³-hybridized carbons (Fsp3) is 0.154. The maximum absolute atomic E-state index is 5.94. The minimum absolute atomic E-state index is 0.801. The summed E-state index contributed by atoms with van der Waals surface area (Å²) in [5.41, 5.74) is 9.47. The van der Waals surface area contributed by atoms with Crippen LogP contribution in [0.25, 0.3) is 11.2 Å². The van der Waals surface area contributed by atoms with E-state index in [0.29, 0.717) is 0 Å². The Bertz CT molecular complexity index is 516. The molecule has 16 heavy (non-hydrogen) atoms. The van der Waals surface area contributed by atoms with E-state index in [2.05, 4.69) is 11.6 Å². The van der Waals surface area contributed by atoms with Gasteiger partial charge in [0.15, 0.2) is 0 Å². The topological polar surface area (TPSA) is 43.3 Å². The van der Waals surface area contributed by atoms with E-state index in [1.807, 2.05) is 41.9 Å². The highest BCUT2D eigenvalue weighted by atomic mass is 15.0. The molecule has 82 valence electrons. The quantitative estimate of drug-likeness (QED) is 0.796. The van der Waals surface area contributed by atoms with Crippen LogP contribution in [-0.2, 0) is 0 Å². The third-order valence-corrected chi connectivity index (χ3v) is 2.57. The average Bonchev–Trinajstić information content (AvgIpc) is 2.72. The van der Waals surface area contributed by atoms with Crippen molar-refractivity contribution in [3.63, 3.8) is 0 Å². The van der Waals surface area contributed by atoms with Gasteiger partial charge in [-0.2, -0.15) is 0 Å². The van der Waals surface area contributed by atoms with Gasteiger partial charge in [0, 0.05) is 23.7 Å². The van der Waals surface area contributed by atoms with E-state index in [1.165, 1.54) is 0 Å². The van der Waals surface area contributed by atoms with Crippen LogP contribution in [0.3, 0.4) is 0 Å². The molecule has 0 saturated carbocycles. The van der Waals surface area contributed by atoms with Crippen molar-refractivity contribution in [3.05, 3.63) is 54.6 Å². The van der Waals surface area contributed by atoms with Crippen molar-refractivity contribution in [3.8, 4) is 0 Å². The zero-order valence-corrected chi connectivity index (χ0v) is 9.35. The highest BCUT2D eigenvalue weighted by Crippen LogP contribution is 2.18. The summed E-state index contributed by atoms with van der Waals surface area (Å²) < 4.78 is 1.97. The van der Waals surface area contributed by atoms with E-state index in [4.69, 9.17) is 5.73 Å². The van der Waals surface area contributed by atoms with E-state index in [0.717, 1.165) is 29.0 Å². The van der Waals surface area contributed by atoms with Crippen molar-refractivity contribution in [2.24, 2.45) is 5.73 Å². The van der Waals surface area contributed by atoms with Gasteiger partial charge in [0.2, 0.25) is 0 Å². The number of hydrogen-bond acceptors (Lipinski definition) is 2. The molecule has 2 aromatic rings. The van der Waals surface area contributed by atoms with Crippen LogP contribution in [0, 0.1) is 0 Å². The monoisotopic (exact) mass is 213 g/mol. The highest BCUT2D eigenvalue weighted by Gasteiger charge is 2.06. The molecule has 2 heterocycles. The van der Waals surface area contributed by atoms with Gasteiger partial charge >= 0.3 is 0 Å². The van der Waals surface area contributed by atoms with Gasteiger partial charge in [-0.3, -0.25) is 0 Å². The van der Waals surface area contributed by atoms with Gasteiger partial charge in [0.1, 0.15) is 5.65 Å². The van der Waals surface area contributed by atoms with Crippen molar-refractivity contribution in [2.75, 3.05) is 0 Å². The predicted octanol–water partition coefficient (Wildman–Crippen LogP) is 2.60. The van der Waals surface area contributed by atoms with Crippen LogP contribution in [0.15, 0.2) is 48.9 Å². The van der Waals surface area contributed by atoms with E-state index in [1.54, 1.807) is 6.08 Å². The molecule has 2 aromatic heterocycles. The number of nitrogens with two attached hydrogens (primary N) is 1. The van der Waals surface area contributed by atoms with Gasteiger partial charge in [-0.1, -0.05) is 25.6 Å². The van der Waals surface area contributed by atoms with E-state index >= 15 is 0 Å². The molecule has 0 saturated heterocycles. The lowest BCUT2D eigenvalue weighted by atomic mass is 10.1. The van der Waals surface area contributed by atoms with E-state index < -0.39 is 0 Å². The number of aromatic nitrogens is 2. The second kappa shape index (κ2) is 4.23. The summed E-state index contributed by atoms with van der Waals surface area (Å²) in [6.07, 6.45) is 6.50. The van der Waals surface area contributed by atoms with E-state index in [9.17, 15) is 0 Å². The average molecular weight is 213 g/mol. The van der Waals surface area contributed by atoms with Gasteiger partial charge < -0.3 is 10.1 Å². The number of allylic oxidation sites excluding steroid dienone is 3. The number of imidazole rings is 1. The van der Waals surface area contributed by atoms with Crippen LogP contribution in [0.2, 0.25) is 0 Å². The summed E-state index contributed by atoms with van der Waals surface area (Å²) in [7, 11) is 0. The van der Waals surface area contributed by atoms with Gasteiger partial charge in [-0.15, -0.1) is 0 Å². The van der Waals surface area contributed by atoms with Crippen molar-refractivity contribution in [1.29, 1.82) is 0 Å². The Hall–Kier alpha value is -2.03. The van der Waals surface area contributed by atoms with Crippen LogP contribution in [0.1, 0.15) is 19.0 Å². The normalized spacial score (nSPS) is 12.6. The maximum Gasteiger partial charge on any atom is 0.137 e. The molecule has 0 fully saturated rings. The Labute approximate surface area is 94.9 Å². The minimum atomic E-state index is 0.801. The zero-order valence-electron chi connectivity index (χ0n) is 9.35. The first-order chi connectivity index (χ1) is 7.76. The Morgan fingerprint density at radius 2 is 2.38 bits per heavy atom. The van der Waals surface area contributed by atoms with Crippen LogP contribution < -0.4 is 5.73 Å². The molecule has 0 amide bonds. The van der Waals surface area contributed by atoms with Gasteiger partial charge in [0.25, 0.3) is 0 Å². The molecule has 0 spiro atoms. The zero-order chi connectivity index (χ0) is 11.5. The predicted molar refractivity (Wildman–Crippen MR) is 66.8 cm³/mol. The van der Waals surface area contributed by atoms with Crippen molar-refractivity contribution in [1.82, 2.24) is 9.38 Å². The molecule has 0 aliphatic rings. The second-order valence-electron chi connectivity index (χ2n) is 3.59. The largest absolute Gasteiger partial charge is 0.402 e. The number of rotatable bonds is 3. The van der Waals surface area contributed by atoms with Crippen molar-refractivity contribution in [2.45, 2.75) is 13.3 Å². The number of fused-ring (bicyclic) bond motifs is 1. The van der Waals surface area contributed by atoms with Gasteiger partial charge in [-0.05, 0) is 18.6 Å². The summed E-state index contributed by atoms with van der Waals surface area (Å²) in [5, 5.41) is 0. The lowest BCUT2D eigenvalue weighted by molar-refractivity contribution is 1.07. The van der Waals surface area contributed by atoms with Crippen LogP contribution in [-0.4, -0.2) is 9.38 Å². The molecule has 0 atom stereocenters. The SMILES string of the molecule is C=C/C(=C(/N)CC)c1cn2ccccc2n1. The highest BCUT2D eigenvalue weighted by molar-refractivity contribution is 5.74. The summed E-state index contributed by atoms with van der Waals surface area (Å²) >= 11 is 0. The number of hydrogen-bond donors (Lipinski definition) is 1. The summed E-state index contributed by atoms with van der Waals surface area (Å²) in [5.74, 6) is 0. The molecule has 0 aromatic carbocycles. The second-order valence-corrected chi connectivity index (χ2v) is 3.59. The first-order valence-electron chi connectivity index (χ1n) is 5.31. The molecule has 0 bridgehead atoms. The molecule has 2 rings (SSSR count). The Balaban J connectivity index is 2.59. The molecule has 3 heteroatoms. The Morgan fingerprint density at radius 3 is 3.00 bits per heavy atom. The summed E-state index contributed by atoms with van der Waals surface area (Å²) in [6.45, 7) is 5.81. The van der Waals surface area contributed by atoms with Crippen molar-refractivity contribution < 1.29 is 0 Å². The summed E-state index contributed by atoms with van der Waals surface area (Å²) in [6, 6.07) is 5.90. The van der Waals surface area contributed by atoms with Crippen molar-refractivity contribution >= 4 is 11.2 Å². The van der Waals surface area contributed by atoms with Gasteiger partial charge in [0.05, 0.1) is 5.69 Å². The van der Waals surface area contributed by atoms with Crippen LogP contribution in [0.4, 0.5) is 0 Å². The fourth-order valence-electron chi connectivity index (χ4n) is 1.66. The third kappa shape index (κ3) is 1.72.